The molecule has 0 unspecified atom stereocenters. The number of nitrogens with zero attached hydrogens (tertiary/aromatic N) is 2. The van der Waals surface area contributed by atoms with Gasteiger partial charge in [-0.05, 0) is 62.3 Å². The van der Waals surface area contributed by atoms with Gasteiger partial charge in [0.15, 0.2) is 16.9 Å². The van der Waals surface area contributed by atoms with Gasteiger partial charge >= 0.3 is 0 Å². The second-order valence-corrected chi connectivity index (χ2v) is 10.0. The number of rotatable bonds is 6. The van der Waals surface area contributed by atoms with Crippen molar-refractivity contribution in [2.45, 2.75) is 44.4 Å². The molecule has 1 aromatic carbocycles. The van der Waals surface area contributed by atoms with Crippen LogP contribution in [0.4, 0.5) is 0 Å². The molecule has 6 heteroatoms. The lowest BCUT2D eigenvalue weighted by molar-refractivity contribution is -0.145. The fourth-order valence-electron chi connectivity index (χ4n) is 7.59. The summed E-state index contributed by atoms with van der Waals surface area (Å²) in [6.07, 6.45) is 6.51. The zero-order chi connectivity index (χ0) is 22.0. The molecule has 2 atom stereocenters. The first-order valence-corrected chi connectivity index (χ1v) is 11.1. The minimum absolute atomic E-state index is 0.136. The van der Waals surface area contributed by atoms with Gasteiger partial charge in [-0.2, -0.15) is 10.5 Å². The van der Waals surface area contributed by atoms with E-state index >= 15 is 0 Å². The molecule has 0 radical (unpaired) electrons. The Kier molecular flexibility index (Phi) is 4.49. The second-order valence-electron chi connectivity index (χ2n) is 10.0. The minimum Gasteiger partial charge on any atom is -0.493 e. The highest BCUT2D eigenvalue weighted by Gasteiger charge is 2.74. The SMILES string of the molecule is COc1ccc([C@H]2[C@H](C(=O)C34CC5CC(CC(C5)C3)C4)C2(C#N)C#N)c(OC)c1OC. The molecular weight excluding hydrogens is 392 g/mol. The van der Waals surface area contributed by atoms with Gasteiger partial charge in [0, 0.05) is 16.9 Å². The van der Waals surface area contributed by atoms with E-state index in [1.54, 1.807) is 19.2 Å². The summed E-state index contributed by atoms with van der Waals surface area (Å²) in [4.78, 5) is 14.1. The van der Waals surface area contributed by atoms with Crippen molar-refractivity contribution >= 4 is 5.78 Å². The predicted molar refractivity (Wildman–Crippen MR) is 112 cm³/mol. The van der Waals surface area contributed by atoms with Crippen molar-refractivity contribution < 1.29 is 19.0 Å². The number of nitriles is 2. The Morgan fingerprint density at radius 2 is 1.45 bits per heavy atom. The third-order valence-electron chi connectivity index (χ3n) is 8.49. The highest BCUT2D eigenvalue weighted by molar-refractivity contribution is 5.94. The van der Waals surface area contributed by atoms with E-state index in [1.807, 2.05) is 0 Å². The van der Waals surface area contributed by atoms with E-state index in [0.717, 1.165) is 19.3 Å². The Balaban J connectivity index is 1.56. The largest absolute Gasteiger partial charge is 0.493 e. The van der Waals surface area contributed by atoms with Crippen LogP contribution in [0.25, 0.3) is 0 Å². The first kappa shape index (κ1) is 20.2. The van der Waals surface area contributed by atoms with Crippen molar-refractivity contribution in [3.05, 3.63) is 17.7 Å². The maximum Gasteiger partial charge on any atom is 0.203 e. The molecule has 0 aromatic heterocycles. The van der Waals surface area contributed by atoms with Crippen molar-refractivity contribution in [3.63, 3.8) is 0 Å². The van der Waals surface area contributed by atoms with Crippen LogP contribution in [0.15, 0.2) is 12.1 Å². The molecule has 5 saturated carbocycles. The number of methoxy groups -OCH3 is 3. The van der Waals surface area contributed by atoms with E-state index in [4.69, 9.17) is 14.2 Å². The van der Waals surface area contributed by atoms with E-state index in [9.17, 15) is 15.3 Å². The van der Waals surface area contributed by atoms with Gasteiger partial charge in [-0.3, -0.25) is 4.79 Å². The molecule has 6 nitrogen and oxygen atoms in total. The van der Waals surface area contributed by atoms with Crippen molar-refractivity contribution in [3.8, 4) is 29.4 Å². The van der Waals surface area contributed by atoms with Crippen LogP contribution >= 0.6 is 0 Å². The third kappa shape index (κ3) is 2.64. The van der Waals surface area contributed by atoms with Crippen LogP contribution in [-0.2, 0) is 4.79 Å². The molecule has 162 valence electrons. The lowest BCUT2D eigenvalue weighted by Gasteiger charge is -2.56. The summed E-state index contributed by atoms with van der Waals surface area (Å²) in [7, 11) is 4.60. The first-order valence-electron chi connectivity index (χ1n) is 11.1. The summed E-state index contributed by atoms with van der Waals surface area (Å²) < 4.78 is 16.5. The Hall–Kier alpha value is -2.73. The van der Waals surface area contributed by atoms with Gasteiger partial charge in [-0.1, -0.05) is 6.07 Å². The second kappa shape index (κ2) is 6.89. The van der Waals surface area contributed by atoms with E-state index in [1.165, 1.54) is 33.5 Å². The van der Waals surface area contributed by atoms with Crippen molar-refractivity contribution in [1.29, 1.82) is 10.5 Å². The van der Waals surface area contributed by atoms with Crippen LogP contribution < -0.4 is 14.2 Å². The zero-order valence-corrected chi connectivity index (χ0v) is 18.3. The molecule has 5 aliphatic rings. The third-order valence-corrected chi connectivity index (χ3v) is 8.49. The average molecular weight is 421 g/mol. The standard InChI is InChI=1S/C25H28N2O4/c1-29-18-5-4-17(21(30-2)22(18)31-3)19-20(25(19,12-26)13-27)23(28)24-9-14-6-15(10-24)8-16(7-14)11-24/h4-5,14-16,19-20H,6-11H2,1-3H3/t14?,15?,16?,19-,20+,24?/m0/s1. The number of benzene rings is 1. The smallest absolute Gasteiger partial charge is 0.203 e. The van der Waals surface area contributed by atoms with E-state index < -0.39 is 17.3 Å². The number of ether oxygens (including phenoxy) is 3. The predicted octanol–water partition coefficient (Wildman–Crippen LogP) is 4.24. The van der Waals surface area contributed by atoms with Gasteiger partial charge < -0.3 is 14.2 Å². The molecule has 31 heavy (non-hydrogen) atoms. The summed E-state index contributed by atoms with van der Waals surface area (Å²) in [5, 5.41) is 20.1. The number of carbonyl (C=O) groups is 1. The summed E-state index contributed by atoms with van der Waals surface area (Å²) >= 11 is 0. The molecule has 5 aliphatic carbocycles. The molecule has 6 rings (SSSR count). The van der Waals surface area contributed by atoms with Gasteiger partial charge in [0.25, 0.3) is 0 Å². The minimum atomic E-state index is -1.35. The quantitative estimate of drug-likeness (QED) is 0.683. The Bertz CT molecular complexity index is 968. The van der Waals surface area contributed by atoms with Gasteiger partial charge in [0.05, 0.1) is 39.4 Å². The van der Waals surface area contributed by atoms with Crippen LogP contribution in [-0.4, -0.2) is 27.1 Å². The lowest BCUT2D eigenvalue weighted by Crippen LogP contribution is -2.50. The van der Waals surface area contributed by atoms with Crippen LogP contribution in [0.2, 0.25) is 0 Å². The molecule has 0 aliphatic heterocycles. The first-order chi connectivity index (χ1) is 15.0. The van der Waals surface area contributed by atoms with E-state index in [2.05, 4.69) is 12.1 Å². The Labute approximate surface area is 183 Å². The number of ketones is 1. The Morgan fingerprint density at radius 3 is 1.90 bits per heavy atom. The van der Waals surface area contributed by atoms with Crippen molar-refractivity contribution in [2.75, 3.05) is 21.3 Å². The highest BCUT2D eigenvalue weighted by atomic mass is 16.5. The van der Waals surface area contributed by atoms with E-state index in [-0.39, 0.29) is 11.2 Å². The van der Waals surface area contributed by atoms with Crippen molar-refractivity contribution in [2.24, 2.45) is 34.5 Å². The molecule has 0 heterocycles. The zero-order valence-electron chi connectivity index (χ0n) is 18.3. The molecule has 1 aromatic rings. The van der Waals surface area contributed by atoms with Gasteiger partial charge in [-0.15, -0.1) is 0 Å². The van der Waals surface area contributed by atoms with Crippen LogP contribution in [0.1, 0.15) is 50.0 Å². The van der Waals surface area contributed by atoms with Crippen LogP contribution in [0, 0.1) is 57.2 Å². The maximum atomic E-state index is 14.1. The molecular formula is C25H28N2O4. The Morgan fingerprint density at radius 1 is 0.903 bits per heavy atom. The highest BCUT2D eigenvalue weighted by Crippen LogP contribution is 2.71. The summed E-state index contributed by atoms with van der Waals surface area (Å²) in [6.45, 7) is 0. The average Bonchev–Trinajstić information content (AvgIpc) is 3.45. The number of hydrogen-bond donors (Lipinski definition) is 0. The van der Waals surface area contributed by atoms with Gasteiger partial charge in [0.1, 0.15) is 5.78 Å². The monoisotopic (exact) mass is 420 g/mol. The van der Waals surface area contributed by atoms with Gasteiger partial charge in [0.2, 0.25) is 5.75 Å². The number of Topliss-reactive ketones (excluding diaryl/α,β-unsaturated/α-hetero) is 1. The maximum absolute atomic E-state index is 14.1. The molecule has 0 spiro atoms. The molecule has 4 bridgehead atoms. The number of hydrogen-bond acceptors (Lipinski definition) is 6. The van der Waals surface area contributed by atoms with Gasteiger partial charge in [-0.25, -0.2) is 0 Å². The van der Waals surface area contributed by atoms with Crippen molar-refractivity contribution in [1.82, 2.24) is 0 Å². The van der Waals surface area contributed by atoms with Crippen LogP contribution in [0.3, 0.4) is 0 Å². The fraction of sp³-hybridized carbons (Fsp3) is 0.640. The topological polar surface area (TPSA) is 92.3 Å². The summed E-state index contributed by atoms with van der Waals surface area (Å²) in [5.41, 5.74) is -1.03. The number of carbonyl (C=O) groups excluding carboxylic acids is 1. The normalized spacial score (nSPS) is 36.2. The molecule has 0 N–H and O–H groups in total. The van der Waals surface area contributed by atoms with Crippen LogP contribution in [0.5, 0.6) is 17.2 Å². The summed E-state index contributed by atoms with van der Waals surface area (Å²) in [6, 6.07) is 8.00. The van der Waals surface area contributed by atoms with E-state index in [0.29, 0.717) is 40.6 Å². The molecule has 0 amide bonds. The lowest BCUT2D eigenvalue weighted by atomic mass is 9.48. The fourth-order valence-corrected chi connectivity index (χ4v) is 7.59. The molecule has 0 saturated heterocycles. The summed E-state index contributed by atoms with van der Waals surface area (Å²) in [5.74, 6) is 2.24. The molecule has 5 fully saturated rings.